The second-order valence-corrected chi connectivity index (χ2v) is 5.26. The van der Waals surface area contributed by atoms with Crippen molar-refractivity contribution in [3.05, 3.63) is 35.4 Å². The van der Waals surface area contributed by atoms with E-state index in [0.717, 1.165) is 11.1 Å². The molecular formula is C15H17N3O3. The van der Waals surface area contributed by atoms with E-state index in [2.05, 4.69) is 10.2 Å². The minimum Gasteiger partial charge on any atom is -0.507 e. The summed E-state index contributed by atoms with van der Waals surface area (Å²) in [6, 6.07) is 7.25. The number of aryl methyl sites for hydroxylation is 2. The van der Waals surface area contributed by atoms with Gasteiger partial charge < -0.3 is 10.2 Å². The third-order valence-corrected chi connectivity index (χ3v) is 3.42. The third kappa shape index (κ3) is 2.68. The molecule has 1 saturated heterocycles. The van der Waals surface area contributed by atoms with E-state index in [1.807, 2.05) is 19.9 Å². The van der Waals surface area contributed by atoms with Gasteiger partial charge in [-0.1, -0.05) is 6.07 Å². The summed E-state index contributed by atoms with van der Waals surface area (Å²) in [5.41, 5.74) is 3.23. The van der Waals surface area contributed by atoms with Crippen molar-refractivity contribution in [3.8, 4) is 17.0 Å². The standard InChI is InChI=1S/C15H17N3O3/c1-9-5-10(2)15(13(20)6-9)12-3-4-14(17-16-12)18-7-11(19)8-21-18/h3-6,11,19-20H,7-8H2,1-2H3/t11-/m1/s1. The number of hydrogen-bond acceptors (Lipinski definition) is 6. The topological polar surface area (TPSA) is 78.7 Å². The fourth-order valence-electron chi connectivity index (χ4n) is 2.50. The van der Waals surface area contributed by atoms with E-state index in [9.17, 15) is 10.2 Å². The number of aliphatic hydroxyl groups is 1. The highest BCUT2D eigenvalue weighted by Crippen LogP contribution is 2.32. The lowest BCUT2D eigenvalue weighted by atomic mass is 10.0. The van der Waals surface area contributed by atoms with Crippen molar-refractivity contribution >= 4 is 5.82 Å². The molecule has 0 amide bonds. The van der Waals surface area contributed by atoms with Gasteiger partial charge in [0.1, 0.15) is 12.4 Å². The van der Waals surface area contributed by atoms with Gasteiger partial charge in [-0.25, -0.2) is 5.06 Å². The number of phenols is 1. The van der Waals surface area contributed by atoms with E-state index in [1.54, 1.807) is 18.2 Å². The van der Waals surface area contributed by atoms with Crippen molar-refractivity contribution in [2.24, 2.45) is 0 Å². The molecule has 1 aromatic carbocycles. The predicted molar refractivity (Wildman–Crippen MR) is 77.9 cm³/mol. The van der Waals surface area contributed by atoms with E-state index in [-0.39, 0.29) is 12.4 Å². The molecule has 1 aromatic heterocycles. The minimum atomic E-state index is -0.505. The third-order valence-electron chi connectivity index (χ3n) is 3.42. The highest BCUT2D eigenvalue weighted by molar-refractivity contribution is 5.71. The van der Waals surface area contributed by atoms with Gasteiger partial charge in [0, 0.05) is 5.56 Å². The second-order valence-electron chi connectivity index (χ2n) is 5.26. The van der Waals surface area contributed by atoms with Crippen molar-refractivity contribution in [1.29, 1.82) is 0 Å². The lowest BCUT2D eigenvalue weighted by Crippen LogP contribution is -2.21. The normalized spacial score (nSPS) is 18.2. The van der Waals surface area contributed by atoms with Crippen LogP contribution in [0, 0.1) is 13.8 Å². The molecule has 2 aromatic rings. The number of benzene rings is 1. The van der Waals surface area contributed by atoms with Crippen LogP contribution in [0.3, 0.4) is 0 Å². The number of rotatable bonds is 2. The van der Waals surface area contributed by atoms with Crippen LogP contribution in [0.25, 0.3) is 11.3 Å². The molecule has 1 aliphatic rings. The maximum absolute atomic E-state index is 10.1. The Hall–Kier alpha value is -2.18. The van der Waals surface area contributed by atoms with Gasteiger partial charge in [0.15, 0.2) is 5.82 Å². The Labute approximate surface area is 122 Å². The van der Waals surface area contributed by atoms with Gasteiger partial charge in [0.25, 0.3) is 0 Å². The average molecular weight is 287 g/mol. The van der Waals surface area contributed by atoms with Gasteiger partial charge in [-0.15, -0.1) is 10.2 Å². The van der Waals surface area contributed by atoms with Crippen molar-refractivity contribution in [1.82, 2.24) is 10.2 Å². The van der Waals surface area contributed by atoms with Gasteiger partial charge in [0.05, 0.1) is 18.3 Å². The Morgan fingerprint density at radius 1 is 1.24 bits per heavy atom. The second kappa shape index (κ2) is 5.31. The Balaban J connectivity index is 1.91. The molecule has 0 aliphatic carbocycles. The molecule has 6 heteroatoms. The van der Waals surface area contributed by atoms with Crippen LogP contribution in [-0.2, 0) is 4.84 Å². The molecule has 0 spiro atoms. The monoisotopic (exact) mass is 287 g/mol. The van der Waals surface area contributed by atoms with Crippen molar-refractivity contribution in [2.75, 3.05) is 18.2 Å². The van der Waals surface area contributed by atoms with Gasteiger partial charge in [-0.3, -0.25) is 4.84 Å². The zero-order valence-electron chi connectivity index (χ0n) is 11.9. The SMILES string of the molecule is Cc1cc(C)c(-c2ccc(N3C[C@@H](O)CO3)nn2)c(O)c1. The van der Waals surface area contributed by atoms with Crippen LogP contribution in [0.15, 0.2) is 24.3 Å². The van der Waals surface area contributed by atoms with Crippen LogP contribution in [0.1, 0.15) is 11.1 Å². The molecule has 1 atom stereocenters. The fraction of sp³-hybridized carbons (Fsp3) is 0.333. The molecule has 0 unspecified atom stereocenters. The number of nitrogens with zero attached hydrogens (tertiary/aromatic N) is 3. The molecule has 0 bridgehead atoms. The van der Waals surface area contributed by atoms with Crippen LogP contribution in [0.5, 0.6) is 5.75 Å². The molecule has 1 aliphatic heterocycles. The number of aromatic nitrogens is 2. The van der Waals surface area contributed by atoms with Crippen LogP contribution in [0.2, 0.25) is 0 Å². The zero-order chi connectivity index (χ0) is 15.0. The maximum Gasteiger partial charge on any atom is 0.175 e. The molecule has 0 saturated carbocycles. The van der Waals surface area contributed by atoms with E-state index in [1.165, 1.54) is 5.06 Å². The Kier molecular flexibility index (Phi) is 3.48. The van der Waals surface area contributed by atoms with E-state index in [0.29, 0.717) is 23.6 Å². The average Bonchev–Trinajstić information content (AvgIpc) is 2.85. The number of hydrogen-bond donors (Lipinski definition) is 2. The van der Waals surface area contributed by atoms with Crippen molar-refractivity contribution < 1.29 is 15.1 Å². The quantitative estimate of drug-likeness (QED) is 0.873. The van der Waals surface area contributed by atoms with Gasteiger partial charge in [0.2, 0.25) is 0 Å². The first-order valence-corrected chi connectivity index (χ1v) is 6.77. The van der Waals surface area contributed by atoms with Gasteiger partial charge >= 0.3 is 0 Å². The predicted octanol–water partition coefficient (Wildman–Crippen LogP) is 1.58. The molecule has 3 rings (SSSR count). The molecule has 1 fully saturated rings. The van der Waals surface area contributed by atoms with Crippen LogP contribution >= 0.6 is 0 Å². The van der Waals surface area contributed by atoms with Gasteiger partial charge in [-0.2, -0.15) is 0 Å². The first-order valence-electron chi connectivity index (χ1n) is 6.77. The molecular weight excluding hydrogens is 270 g/mol. The summed E-state index contributed by atoms with van der Waals surface area (Å²) in [7, 11) is 0. The summed E-state index contributed by atoms with van der Waals surface area (Å²) in [5.74, 6) is 0.738. The van der Waals surface area contributed by atoms with Crippen molar-refractivity contribution in [2.45, 2.75) is 20.0 Å². The Morgan fingerprint density at radius 2 is 2.05 bits per heavy atom. The number of β-amino-alcohol motifs (C(OH)–C–C–N with tert-alkyl or cyclic N) is 1. The summed E-state index contributed by atoms with van der Waals surface area (Å²) in [6.45, 7) is 4.50. The van der Waals surface area contributed by atoms with E-state index in [4.69, 9.17) is 4.84 Å². The first-order chi connectivity index (χ1) is 10.0. The maximum atomic E-state index is 10.1. The molecule has 110 valence electrons. The van der Waals surface area contributed by atoms with Crippen LogP contribution in [-0.4, -0.2) is 39.7 Å². The lowest BCUT2D eigenvalue weighted by molar-refractivity contribution is 0.115. The summed E-state index contributed by atoms with van der Waals surface area (Å²) in [4.78, 5) is 5.29. The number of hydroxylamine groups is 1. The molecule has 21 heavy (non-hydrogen) atoms. The number of aliphatic hydroxyl groups excluding tert-OH is 1. The van der Waals surface area contributed by atoms with E-state index < -0.39 is 6.10 Å². The number of anilines is 1. The fourth-order valence-corrected chi connectivity index (χ4v) is 2.50. The first kappa shape index (κ1) is 13.8. The summed E-state index contributed by atoms with van der Waals surface area (Å²) in [5, 5.41) is 29.3. The highest BCUT2D eigenvalue weighted by Gasteiger charge is 2.23. The summed E-state index contributed by atoms with van der Waals surface area (Å²) >= 11 is 0. The zero-order valence-corrected chi connectivity index (χ0v) is 11.9. The number of aromatic hydroxyl groups is 1. The molecule has 2 N–H and O–H groups in total. The minimum absolute atomic E-state index is 0.197. The largest absolute Gasteiger partial charge is 0.507 e. The summed E-state index contributed by atoms with van der Waals surface area (Å²) < 4.78 is 0. The molecule has 0 radical (unpaired) electrons. The lowest BCUT2D eigenvalue weighted by Gasteiger charge is -2.14. The Morgan fingerprint density at radius 3 is 2.62 bits per heavy atom. The van der Waals surface area contributed by atoms with Crippen molar-refractivity contribution in [3.63, 3.8) is 0 Å². The van der Waals surface area contributed by atoms with Crippen LogP contribution < -0.4 is 5.06 Å². The number of phenolic OH excluding ortho intramolecular Hbond substituents is 1. The smallest absolute Gasteiger partial charge is 0.175 e. The van der Waals surface area contributed by atoms with E-state index >= 15 is 0 Å². The Bertz CT molecular complexity index is 635. The highest BCUT2D eigenvalue weighted by atomic mass is 16.7. The molecule has 2 heterocycles. The molecule has 6 nitrogen and oxygen atoms in total. The van der Waals surface area contributed by atoms with Crippen LogP contribution in [0.4, 0.5) is 5.82 Å². The summed E-state index contributed by atoms with van der Waals surface area (Å²) in [6.07, 6.45) is -0.505. The van der Waals surface area contributed by atoms with Gasteiger partial charge in [-0.05, 0) is 43.2 Å².